The average Bonchev–Trinajstić information content (AvgIpc) is 2.48. The molecule has 1 aliphatic rings. The number of hydrogen-bond donors (Lipinski definition) is 0. The zero-order chi connectivity index (χ0) is 13.1. The van der Waals surface area contributed by atoms with Crippen LogP contribution in [-0.2, 0) is 13.0 Å². The first kappa shape index (κ1) is 12.0. The van der Waals surface area contributed by atoms with Gasteiger partial charge in [0.15, 0.2) is 0 Å². The first-order chi connectivity index (χ1) is 9.34. The minimum Gasteiger partial charge on any atom is -0.489 e. The maximum atomic E-state index is 5.98. The number of nitrogens with zero attached hydrogens (tertiary/aromatic N) is 1. The number of ether oxygens (including phenoxy) is 1. The first-order valence-electron chi connectivity index (χ1n) is 6.63. The van der Waals surface area contributed by atoms with E-state index in [9.17, 15) is 0 Å². The summed E-state index contributed by atoms with van der Waals surface area (Å²) in [5.41, 5.74) is 4.99. The van der Waals surface area contributed by atoms with Crippen LogP contribution < -0.4 is 4.74 Å². The molecular formula is C17H17NO. The summed E-state index contributed by atoms with van der Waals surface area (Å²) in [7, 11) is 0. The quantitative estimate of drug-likeness (QED) is 0.817. The van der Waals surface area contributed by atoms with Crippen LogP contribution in [0.15, 0.2) is 47.5 Å². The van der Waals surface area contributed by atoms with Gasteiger partial charge < -0.3 is 4.74 Å². The summed E-state index contributed by atoms with van der Waals surface area (Å²) >= 11 is 0. The number of rotatable bonds is 3. The van der Waals surface area contributed by atoms with Crippen LogP contribution in [0.1, 0.15) is 22.3 Å². The number of aryl methyl sites for hydroxylation is 1. The monoisotopic (exact) mass is 251 g/mol. The average molecular weight is 251 g/mol. The molecule has 0 saturated carbocycles. The smallest absolute Gasteiger partial charge is 0.123 e. The minimum atomic E-state index is 0.619. The van der Waals surface area contributed by atoms with Crippen molar-refractivity contribution in [3.8, 4) is 5.75 Å². The van der Waals surface area contributed by atoms with Gasteiger partial charge in [0.25, 0.3) is 0 Å². The van der Waals surface area contributed by atoms with E-state index in [0.717, 1.165) is 18.7 Å². The van der Waals surface area contributed by atoms with Gasteiger partial charge in [-0.15, -0.1) is 0 Å². The van der Waals surface area contributed by atoms with E-state index in [1.165, 1.54) is 22.3 Å². The predicted octanol–water partition coefficient (Wildman–Crippen LogP) is 3.55. The van der Waals surface area contributed by atoms with Crippen LogP contribution in [0.3, 0.4) is 0 Å². The molecule has 2 aromatic rings. The Kier molecular flexibility index (Phi) is 3.32. The first-order valence-corrected chi connectivity index (χ1v) is 6.63. The maximum absolute atomic E-state index is 5.98. The summed E-state index contributed by atoms with van der Waals surface area (Å²) < 4.78 is 5.98. The standard InChI is InChI=1S/C17H17NO/c1-13-7-8-17(15-9-10-18-11-16(13)15)19-12-14-5-3-2-4-6-14/h2-8,11H,9-10,12H2,1H3. The molecule has 0 atom stereocenters. The molecule has 0 spiro atoms. The molecule has 0 unspecified atom stereocenters. The molecule has 0 fully saturated rings. The normalized spacial score (nSPS) is 13.1. The van der Waals surface area contributed by atoms with Gasteiger partial charge in [-0.25, -0.2) is 0 Å². The van der Waals surface area contributed by atoms with E-state index in [2.05, 4.69) is 36.2 Å². The number of hydrogen-bond acceptors (Lipinski definition) is 2. The van der Waals surface area contributed by atoms with E-state index < -0.39 is 0 Å². The molecular weight excluding hydrogens is 234 g/mol. The topological polar surface area (TPSA) is 21.6 Å². The highest BCUT2D eigenvalue weighted by molar-refractivity contribution is 5.86. The fourth-order valence-corrected chi connectivity index (χ4v) is 2.40. The van der Waals surface area contributed by atoms with Crippen LogP contribution in [0.25, 0.3) is 0 Å². The van der Waals surface area contributed by atoms with Gasteiger partial charge in [-0.3, -0.25) is 4.99 Å². The summed E-state index contributed by atoms with van der Waals surface area (Å²) in [6.45, 7) is 3.60. The Hall–Kier alpha value is -2.09. The van der Waals surface area contributed by atoms with E-state index in [1.807, 2.05) is 24.4 Å². The third-order valence-corrected chi connectivity index (χ3v) is 3.48. The van der Waals surface area contributed by atoms with Crippen molar-refractivity contribution in [2.45, 2.75) is 20.0 Å². The maximum Gasteiger partial charge on any atom is 0.123 e. The predicted molar refractivity (Wildman–Crippen MR) is 78.1 cm³/mol. The molecule has 0 radical (unpaired) electrons. The second-order valence-corrected chi connectivity index (χ2v) is 4.83. The second-order valence-electron chi connectivity index (χ2n) is 4.83. The van der Waals surface area contributed by atoms with Crippen molar-refractivity contribution in [2.24, 2.45) is 4.99 Å². The van der Waals surface area contributed by atoms with Crippen molar-refractivity contribution in [1.29, 1.82) is 0 Å². The van der Waals surface area contributed by atoms with Crippen molar-refractivity contribution >= 4 is 6.21 Å². The van der Waals surface area contributed by atoms with E-state index in [0.29, 0.717) is 6.61 Å². The van der Waals surface area contributed by atoms with Gasteiger partial charge >= 0.3 is 0 Å². The SMILES string of the molecule is Cc1ccc(OCc2ccccc2)c2c1C=NCC2. The Bertz CT molecular complexity index is 602. The highest BCUT2D eigenvalue weighted by Gasteiger charge is 2.13. The van der Waals surface area contributed by atoms with Crippen molar-refractivity contribution < 1.29 is 4.74 Å². The van der Waals surface area contributed by atoms with Crippen molar-refractivity contribution in [3.63, 3.8) is 0 Å². The largest absolute Gasteiger partial charge is 0.489 e. The summed E-state index contributed by atoms with van der Waals surface area (Å²) in [4.78, 5) is 4.36. The molecule has 2 heteroatoms. The van der Waals surface area contributed by atoms with Gasteiger partial charge in [0.1, 0.15) is 12.4 Å². The fourth-order valence-electron chi connectivity index (χ4n) is 2.40. The number of aliphatic imine (C=N–C) groups is 1. The number of benzene rings is 2. The van der Waals surface area contributed by atoms with Crippen molar-refractivity contribution in [3.05, 3.63) is 64.7 Å². The van der Waals surface area contributed by atoms with Crippen LogP contribution >= 0.6 is 0 Å². The zero-order valence-corrected chi connectivity index (χ0v) is 11.1. The van der Waals surface area contributed by atoms with Gasteiger partial charge in [0.05, 0.1) is 0 Å². The highest BCUT2D eigenvalue weighted by atomic mass is 16.5. The lowest BCUT2D eigenvalue weighted by Crippen LogP contribution is -2.08. The van der Waals surface area contributed by atoms with Gasteiger partial charge in [-0.05, 0) is 30.5 Å². The summed E-state index contributed by atoms with van der Waals surface area (Å²) in [5, 5.41) is 0. The third kappa shape index (κ3) is 2.53. The Morgan fingerprint density at radius 2 is 1.95 bits per heavy atom. The lowest BCUT2D eigenvalue weighted by molar-refractivity contribution is 0.303. The lowest BCUT2D eigenvalue weighted by atomic mass is 9.97. The Balaban J connectivity index is 1.84. The lowest BCUT2D eigenvalue weighted by Gasteiger charge is -2.17. The molecule has 96 valence electrons. The summed E-state index contributed by atoms with van der Waals surface area (Å²) in [6, 6.07) is 14.5. The van der Waals surface area contributed by atoms with Crippen LogP contribution in [0, 0.1) is 6.92 Å². The Morgan fingerprint density at radius 1 is 1.11 bits per heavy atom. The van der Waals surface area contributed by atoms with Crippen molar-refractivity contribution in [1.82, 2.24) is 0 Å². The van der Waals surface area contributed by atoms with Gasteiger partial charge in [0.2, 0.25) is 0 Å². The molecule has 1 aliphatic heterocycles. The van der Waals surface area contributed by atoms with E-state index in [1.54, 1.807) is 0 Å². The second kappa shape index (κ2) is 5.27. The third-order valence-electron chi connectivity index (χ3n) is 3.48. The molecule has 0 aliphatic carbocycles. The van der Waals surface area contributed by atoms with Crippen LogP contribution in [0.2, 0.25) is 0 Å². The Labute approximate surface area is 113 Å². The van der Waals surface area contributed by atoms with Crippen molar-refractivity contribution in [2.75, 3.05) is 6.54 Å². The molecule has 0 amide bonds. The molecule has 0 saturated heterocycles. The van der Waals surface area contributed by atoms with Gasteiger partial charge in [-0.1, -0.05) is 36.4 Å². The highest BCUT2D eigenvalue weighted by Crippen LogP contribution is 2.27. The molecule has 0 aromatic heterocycles. The van der Waals surface area contributed by atoms with Crippen LogP contribution in [-0.4, -0.2) is 12.8 Å². The molecule has 0 N–H and O–H groups in total. The summed E-state index contributed by atoms with van der Waals surface area (Å²) in [6.07, 6.45) is 2.95. The molecule has 2 aromatic carbocycles. The number of fused-ring (bicyclic) bond motifs is 1. The van der Waals surface area contributed by atoms with Gasteiger partial charge in [-0.2, -0.15) is 0 Å². The fraction of sp³-hybridized carbons (Fsp3) is 0.235. The van der Waals surface area contributed by atoms with Gasteiger partial charge in [0, 0.05) is 23.9 Å². The molecule has 1 heterocycles. The molecule has 0 bridgehead atoms. The molecule has 2 nitrogen and oxygen atoms in total. The zero-order valence-electron chi connectivity index (χ0n) is 11.1. The minimum absolute atomic E-state index is 0.619. The summed E-state index contributed by atoms with van der Waals surface area (Å²) in [5.74, 6) is 0.996. The van der Waals surface area contributed by atoms with E-state index >= 15 is 0 Å². The van der Waals surface area contributed by atoms with E-state index in [4.69, 9.17) is 4.74 Å². The Morgan fingerprint density at radius 3 is 2.79 bits per heavy atom. The molecule has 3 rings (SSSR count). The van der Waals surface area contributed by atoms with E-state index in [-0.39, 0.29) is 0 Å². The van der Waals surface area contributed by atoms with Crippen LogP contribution in [0.4, 0.5) is 0 Å². The van der Waals surface area contributed by atoms with Crippen LogP contribution in [0.5, 0.6) is 5.75 Å². The molecule has 19 heavy (non-hydrogen) atoms.